The molecule has 1 aliphatic rings. The summed E-state index contributed by atoms with van der Waals surface area (Å²) in [6.45, 7) is 1.49. The molecule has 0 amide bonds. The van der Waals surface area contributed by atoms with E-state index >= 15 is 0 Å². The second kappa shape index (κ2) is 8.51. The number of nitrogens with zero attached hydrogens (tertiary/aromatic N) is 5. The molecule has 3 aromatic heterocycles. The quantitative estimate of drug-likeness (QED) is 0.436. The summed E-state index contributed by atoms with van der Waals surface area (Å²) >= 11 is 0. The fourth-order valence-electron chi connectivity index (χ4n) is 3.32. The maximum Gasteiger partial charge on any atom is 0.150 e. The summed E-state index contributed by atoms with van der Waals surface area (Å²) in [5.41, 5.74) is 2.98. The van der Waals surface area contributed by atoms with Crippen molar-refractivity contribution in [1.29, 1.82) is 0 Å². The molecule has 2 N–H and O–H groups in total. The van der Waals surface area contributed by atoms with E-state index in [4.69, 9.17) is 0 Å². The number of aromatic nitrogens is 5. The van der Waals surface area contributed by atoms with E-state index in [1.54, 1.807) is 30.7 Å². The van der Waals surface area contributed by atoms with Gasteiger partial charge in [-0.25, -0.2) is 14.4 Å². The third kappa shape index (κ3) is 5.03. The summed E-state index contributed by atoms with van der Waals surface area (Å²) in [5, 5.41) is 11.1. The molecule has 1 aromatic carbocycles. The summed E-state index contributed by atoms with van der Waals surface area (Å²) < 4.78 is 15.2. The highest BCUT2D eigenvalue weighted by atomic mass is 19.1. The number of hydrogen-bond donors (Lipinski definition) is 2. The summed E-state index contributed by atoms with van der Waals surface area (Å²) in [7, 11) is 0. The first kappa shape index (κ1) is 19.2. The first-order valence-corrected chi connectivity index (χ1v) is 10.3. The summed E-state index contributed by atoms with van der Waals surface area (Å²) in [4.78, 5) is 13.0. The zero-order valence-corrected chi connectivity index (χ0v) is 16.9. The van der Waals surface area contributed by atoms with Crippen molar-refractivity contribution in [3.8, 4) is 11.1 Å². The van der Waals surface area contributed by atoms with Crippen molar-refractivity contribution in [3.05, 3.63) is 78.8 Å². The molecule has 0 atom stereocenters. The minimum Gasteiger partial charge on any atom is -0.366 e. The fraction of sp³-hybridized carbons (Fsp3) is 0.217. The van der Waals surface area contributed by atoms with Crippen molar-refractivity contribution in [2.24, 2.45) is 5.92 Å². The van der Waals surface area contributed by atoms with Crippen LogP contribution in [0.1, 0.15) is 18.4 Å². The molecule has 1 saturated carbocycles. The van der Waals surface area contributed by atoms with Crippen LogP contribution >= 0.6 is 0 Å². The largest absolute Gasteiger partial charge is 0.366 e. The Bertz CT molecular complexity index is 1150. The third-order valence-corrected chi connectivity index (χ3v) is 5.14. The molecule has 8 heteroatoms. The van der Waals surface area contributed by atoms with E-state index in [9.17, 15) is 4.39 Å². The van der Waals surface area contributed by atoms with Gasteiger partial charge < -0.3 is 10.6 Å². The molecule has 0 bridgehead atoms. The summed E-state index contributed by atoms with van der Waals surface area (Å²) in [6.07, 6.45) is 11.4. The predicted octanol–water partition coefficient (Wildman–Crippen LogP) is 4.64. The van der Waals surface area contributed by atoms with Crippen molar-refractivity contribution in [3.63, 3.8) is 0 Å². The number of hydrogen-bond acceptors (Lipinski definition) is 6. The average molecular weight is 415 g/mol. The van der Waals surface area contributed by atoms with Gasteiger partial charge in [0.2, 0.25) is 0 Å². The molecule has 7 nitrogen and oxygen atoms in total. The summed E-state index contributed by atoms with van der Waals surface area (Å²) in [5.74, 6) is 2.47. The maximum absolute atomic E-state index is 13.2. The topological polar surface area (TPSA) is 80.5 Å². The van der Waals surface area contributed by atoms with Gasteiger partial charge in [0, 0.05) is 37.2 Å². The van der Waals surface area contributed by atoms with Crippen molar-refractivity contribution in [2.45, 2.75) is 25.9 Å². The van der Waals surface area contributed by atoms with Gasteiger partial charge in [-0.15, -0.1) is 0 Å². The Morgan fingerprint density at radius 1 is 0.968 bits per heavy atom. The zero-order valence-electron chi connectivity index (χ0n) is 16.9. The number of benzene rings is 1. The second-order valence-corrected chi connectivity index (χ2v) is 7.72. The van der Waals surface area contributed by atoms with Crippen LogP contribution in [-0.4, -0.2) is 24.7 Å². The molecule has 5 rings (SSSR count). The van der Waals surface area contributed by atoms with Crippen LogP contribution in [0.15, 0.2) is 67.4 Å². The number of pyridine rings is 1. The third-order valence-electron chi connectivity index (χ3n) is 5.14. The van der Waals surface area contributed by atoms with Crippen LogP contribution in [0.3, 0.4) is 0 Å². The van der Waals surface area contributed by atoms with E-state index in [0.717, 1.165) is 29.2 Å². The Balaban J connectivity index is 1.41. The van der Waals surface area contributed by atoms with E-state index in [-0.39, 0.29) is 5.82 Å². The Morgan fingerprint density at radius 2 is 1.81 bits per heavy atom. The highest BCUT2D eigenvalue weighted by Crippen LogP contribution is 2.31. The van der Waals surface area contributed by atoms with Gasteiger partial charge >= 0.3 is 0 Å². The highest BCUT2D eigenvalue weighted by molar-refractivity contribution is 5.70. The fourth-order valence-corrected chi connectivity index (χ4v) is 3.32. The van der Waals surface area contributed by atoms with Crippen molar-refractivity contribution in [2.75, 3.05) is 10.6 Å². The Morgan fingerprint density at radius 3 is 2.58 bits per heavy atom. The number of nitrogens with one attached hydrogen (secondary N) is 2. The van der Waals surface area contributed by atoms with Crippen LogP contribution in [0.25, 0.3) is 11.1 Å². The minimum absolute atomic E-state index is 0.248. The van der Waals surface area contributed by atoms with E-state index < -0.39 is 0 Å². The highest BCUT2D eigenvalue weighted by Gasteiger charge is 2.22. The van der Waals surface area contributed by atoms with E-state index in [0.29, 0.717) is 24.0 Å². The molecule has 0 radical (unpaired) electrons. The lowest BCUT2D eigenvalue weighted by atomic mass is 10.1. The SMILES string of the molecule is Fc1ccc(CNc2cc(-c3cnn(CC4CC4)c3)cc(Nc3cnccn3)n2)cc1. The molecular formula is C23H22FN7. The van der Waals surface area contributed by atoms with Crippen LogP contribution in [-0.2, 0) is 13.1 Å². The van der Waals surface area contributed by atoms with Crippen molar-refractivity contribution in [1.82, 2.24) is 24.7 Å². The van der Waals surface area contributed by atoms with Crippen molar-refractivity contribution >= 4 is 17.5 Å². The van der Waals surface area contributed by atoms with Crippen molar-refractivity contribution < 1.29 is 4.39 Å². The lowest BCUT2D eigenvalue weighted by Gasteiger charge is -2.11. The smallest absolute Gasteiger partial charge is 0.150 e. The number of halogens is 1. The molecule has 0 saturated heterocycles. The molecular weight excluding hydrogens is 393 g/mol. The lowest BCUT2D eigenvalue weighted by Crippen LogP contribution is -2.04. The zero-order chi connectivity index (χ0) is 21.0. The van der Waals surface area contributed by atoms with Gasteiger partial charge in [0.05, 0.1) is 12.4 Å². The Kier molecular flexibility index (Phi) is 5.26. The minimum atomic E-state index is -0.248. The van der Waals surface area contributed by atoms with Crippen LogP contribution in [0.5, 0.6) is 0 Å². The standard InChI is InChI=1S/C23H22FN7/c24-20-5-3-16(4-6-20)11-27-21-9-18(19-12-28-31(15-19)14-17-1-2-17)10-22(29-21)30-23-13-25-7-8-26-23/h3-10,12-13,15,17H,1-2,11,14H2,(H2,26,27,29,30). The molecule has 156 valence electrons. The molecule has 0 spiro atoms. The first-order valence-electron chi connectivity index (χ1n) is 10.3. The van der Waals surface area contributed by atoms with Crippen LogP contribution in [0.2, 0.25) is 0 Å². The molecule has 0 aliphatic heterocycles. The Hall–Kier alpha value is -3.81. The summed E-state index contributed by atoms with van der Waals surface area (Å²) in [6, 6.07) is 10.4. The van der Waals surface area contributed by atoms with Crippen LogP contribution < -0.4 is 10.6 Å². The van der Waals surface area contributed by atoms with Gasteiger partial charge in [-0.2, -0.15) is 5.10 Å². The lowest BCUT2D eigenvalue weighted by molar-refractivity contribution is 0.563. The van der Waals surface area contributed by atoms with Gasteiger partial charge in [-0.05, 0) is 54.2 Å². The van der Waals surface area contributed by atoms with Gasteiger partial charge in [-0.1, -0.05) is 12.1 Å². The van der Waals surface area contributed by atoms with Gasteiger partial charge in [0.15, 0.2) is 0 Å². The van der Waals surface area contributed by atoms with E-state index in [1.165, 1.54) is 25.0 Å². The molecule has 3 heterocycles. The van der Waals surface area contributed by atoms with Gasteiger partial charge in [-0.3, -0.25) is 9.67 Å². The molecule has 4 aromatic rings. The normalized spacial score (nSPS) is 13.2. The van der Waals surface area contributed by atoms with Crippen LogP contribution in [0.4, 0.5) is 21.8 Å². The maximum atomic E-state index is 13.2. The molecule has 31 heavy (non-hydrogen) atoms. The first-order chi connectivity index (χ1) is 15.2. The molecule has 0 unspecified atom stereocenters. The predicted molar refractivity (Wildman–Crippen MR) is 117 cm³/mol. The van der Waals surface area contributed by atoms with Crippen LogP contribution in [0, 0.1) is 11.7 Å². The second-order valence-electron chi connectivity index (χ2n) is 7.72. The number of anilines is 3. The van der Waals surface area contributed by atoms with E-state index in [1.807, 2.05) is 23.0 Å². The monoisotopic (exact) mass is 415 g/mol. The van der Waals surface area contributed by atoms with Gasteiger partial charge in [0.25, 0.3) is 0 Å². The number of rotatable bonds is 8. The van der Waals surface area contributed by atoms with Gasteiger partial charge in [0.1, 0.15) is 23.3 Å². The molecule has 1 aliphatic carbocycles. The van der Waals surface area contributed by atoms with E-state index in [2.05, 4.69) is 36.9 Å². The average Bonchev–Trinajstić information content (AvgIpc) is 3.48. The Labute approximate surface area is 179 Å². The molecule has 1 fully saturated rings.